The van der Waals surface area contributed by atoms with Crippen LogP contribution in [0.2, 0.25) is 0 Å². The van der Waals surface area contributed by atoms with Gasteiger partial charge in [-0.1, -0.05) is 30.3 Å². The lowest BCUT2D eigenvalue weighted by Crippen LogP contribution is -2.34. The molecule has 1 aliphatic rings. The summed E-state index contributed by atoms with van der Waals surface area (Å²) in [6, 6.07) is 10.7. The van der Waals surface area contributed by atoms with Crippen LogP contribution >= 0.6 is 0 Å². The number of nitrogens with zero attached hydrogens (tertiary/aromatic N) is 1. The Morgan fingerprint density at radius 3 is 2.47 bits per heavy atom. The summed E-state index contributed by atoms with van der Waals surface area (Å²) >= 11 is 0. The lowest BCUT2D eigenvalue weighted by molar-refractivity contribution is -0.109. The number of piperidine rings is 1. The zero-order valence-corrected chi connectivity index (χ0v) is 8.93. The third-order valence-corrected chi connectivity index (χ3v) is 3.19. The number of hydrogen-bond donors (Lipinski definition) is 0. The molecule has 2 rings (SSSR count). The Hall–Kier alpha value is -1.15. The summed E-state index contributed by atoms with van der Waals surface area (Å²) in [5, 5.41) is 0. The van der Waals surface area contributed by atoms with Crippen LogP contribution in [0.15, 0.2) is 30.3 Å². The summed E-state index contributed by atoms with van der Waals surface area (Å²) in [7, 11) is 0. The van der Waals surface area contributed by atoms with Crippen molar-refractivity contribution >= 4 is 6.29 Å². The predicted octanol–water partition coefficient (Wildman–Crippen LogP) is 2.06. The first kappa shape index (κ1) is 10.4. The molecule has 2 nitrogen and oxygen atoms in total. The minimum absolute atomic E-state index is 0.599. The van der Waals surface area contributed by atoms with Crippen molar-refractivity contribution in [2.45, 2.75) is 18.8 Å². The van der Waals surface area contributed by atoms with E-state index in [1.807, 2.05) is 0 Å². The van der Waals surface area contributed by atoms with Gasteiger partial charge in [-0.3, -0.25) is 4.90 Å². The minimum Gasteiger partial charge on any atom is -0.302 e. The summed E-state index contributed by atoms with van der Waals surface area (Å²) in [6.07, 6.45) is 3.36. The molecule has 80 valence electrons. The number of benzene rings is 1. The third-order valence-electron chi connectivity index (χ3n) is 3.19. The van der Waals surface area contributed by atoms with Crippen LogP contribution in [-0.2, 0) is 4.79 Å². The minimum atomic E-state index is 0.599. The summed E-state index contributed by atoms with van der Waals surface area (Å²) in [5.41, 5.74) is 1.45. The summed E-state index contributed by atoms with van der Waals surface area (Å²) < 4.78 is 0. The molecule has 0 bridgehead atoms. The van der Waals surface area contributed by atoms with Crippen LogP contribution < -0.4 is 0 Å². The van der Waals surface area contributed by atoms with Gasteiger partial charge in [-0.05, 0) is 37.4 Å². The zero-order valence-electron chi connectivity index (χ0n) is 8.93. The van der Waals surface area contributed by atoms with E-state index in [2.05, 4.69) is 35.2 Å². The van der Waals surface area contributed by atoms with Crippen molar-refractivity contribution < 1.29 is 4.79 Å². The highest BCUT2D eigenvalue weighted by atomic mass is 16.1. The lowest BCUT2D eigenvalue weighted by atomic mass is 9.89. The zero-order chi connectivity index (χ0) is 10.5. The highest BCUT2D eigenvalue weighted by Crippen LogP contribution is 2.27. The van der Waals surface area contributed by atoms with Crippen LogP contribution in [0.1, 0.15) is 24.3 Å². The number of hydrogen-bond acceptors (Lipinski definition) is 2. The molecule has 1 aromatic rings. The Morgan fingerprint density at radius 1 is 1.20 bits per heavy atom. The van der Waals surface area contributed by atoms with E-state index in [1.165, 1.54) is 18.4 Å². The first-order valence-electron chi connectivity index (χ1n) is 5.61. The molecule has 1 heterocycles. The summed E-state index contributed by atoms with van der Waals surface area (Å²) in [4.78, 5) is 12.6. The quantitative estimate of drug-likeness (QED) is 0.701. The molecule has 0 N–H and O–H groups in total. The molecule has 0 amide bonds. The molecule has 0 aromatic heterocycles. The fourth-order valence-corrected chi connectivity index (χ4v) is 2.28. The number of carbonyl (C=O) groups is 1. The van der Waals surface area contributed by atoms with Crippen molar-refractivity contribution in [1.82, 2.24) is 4.90 Å². The molecule has 1 aliphatic heterocycles. The van der Waals surface area contributed by atoms with Crippen LogP contribution in [0.3, 0.4) is 0 Å². The molecule has 0 saturated carbocycles. The first-order valence-corrected chi connectivity index (χ1v) is 5.61. The third kappa shape index (κ3) is 2.66. The Kier molecular flexibility index (Phi) is 3.51. The van der Waals surface area contributed by atoms with Gasteiger partial charge in [-0.25, -0.2) is 0 Å². The number of rotatable bonds is 3. The summed E-state index contributed by atoms with van der Waals surface area (Å²) in [5.74, 6) is 0.689. The Morgan fingerprint density at radius 2 is 1.87 bits per heavy atom. The maximum absolute atomic E-state index is 10.4. The number of likely N-dealkylation sites (tertiary alicyclic amines) is 1. The standard InChI is InChI=1S/C13H17NO/c15-11-10-14-8-6-13(7-9-14)12-4-2-1-3-5-12/h1-5,11,13H,6-10H2. The number of aldehydes is 1. The van der Waals surface area contributed by atoms with Crippen molar-refractivity contribution in [1.29, 1.82) is 0 Å². The molecule has 1 fully saturated rings. The number of carbonyl (C=O) groups excluding carboxylic acids is 1. The van der Waals surface area contributed by atoms with Crippen molar-refractivity contribution in [3.8, 4) is 0 Å². The van der Waals surface area contributed by atoms with Crippen molar-refractivity contribution in [3.05, 3.63) is 35.9 Å². The van der Waals surface area contributed by atoms with E-state index in [0.717, 1.165) is 19.4 Å². The van der Waals surface area contributed by atoms with Gasteiger partial charge in [0.2, 0.25) is 0 Å². The Labute approximate surface area is 90.9 Å². The van der Waals surface area contributed by atoms with Gasteiger partial charge in [0.05, 0.1) is 6.54 Å². The molecule has 1 saturated heterocycles. The molecule has 0 aliphatic carbocycles. The van der Waals surface area contributed by atoms with Gasteiger partial charge in [0.15, 0.2) is 0 Å². The van der Waals surface area contributed by atoms with Crippen molar-refractivity contribution in [2.24, 2.45) is 0 Å². The average molecular weight is 203 g/mol. The van der Waals surface area contributed by atoms with Crippen LogP contribution in [0.4, 0.5) is 0 Å². The fraction of sp³-hybridized carbons (Fsp3) is 0.462. The van der Waals surface area contributed by atoms with E-state index in [0.29, 0.717) is 12.5 Å². The largest absolute Gasteiger partial charge is 0.302 e. The molecule has 0 spiro atoms. The normalized spacial score (nSPS) is 18.9. The molecule has 0 unspecified atom stereocenters. The molecule has 2 heteroatoms. The second-order valence-electron chi connectivity index (χ2n) is 4.15. The van der Waals surface area contributed by atoms with E-state index >= 15 is 0 Å². The lowest BCUT2D eigenvalue weighted by Gasteiger charge is -2.30. The van der Waals surface area contributed by atoms with Gasteiger partial charge < -0.3 is 4.79 Å². The Balaban J connectivity index is 1.91. The van der Waals surface area contributed by atoms with E-state index in [-0.39, 0.29) is 0 Å². The second-order valence-corrected chi connectivity index (χ2v) is 4.15. The van der Waals surface area contributed by atoms with Gasteiger partial charge in [0.1, 0.15) is 6.29 Å². The molecule has 1 aromatic carbocycles. The predicted molar refractivity (Wildman–Crippen MR) is 60.9 cm³/mol. The van der Waals surface area contributed by atoms with Crippen LogP contribution in [0, 0.1) is 0 Å². The van der Waals surface area contributed by atoms with E-state index in [4.69, 9.17) is 0 Å². The highest BCUT2D eigenvalue weighted by Gasteiger charge is 2.19. The van der Waals surface area contributed by atoms with Crippen LogP contribution in [0.5, 0.6) is 0 Å². The van der Waals surface area contributed by atoms with Gasteiger partial charge in [0, 0.05) is 0 Å². The second kappa shape index (κ2) is 5.08. The maximum atomic E-state index is 10.4. The van der Waals surface area contributed by atoms with E-state index in [9.17, 15) is 4.79 Å². The molecular weight excluding hydrogens is 186 g/mol. The van der Waals surface area contributed by atoms with Crippen molar-refractivity contribution in [3.63, 3.8) is 0 Å². The SMILES string of the molecule is O=CCN1CCC(c2ccccc2)CC1. The monoisotopic (exact) mass is 203 g/mol. The van der Waals surface area contributed by atoms with Crippen LogP contribution in [0.25, 0.3) is 0 Å². The van der Waals surface area contributed by atoms with Gasteiger partial charge in [0.25, 0.3) is 0 Å². The van der Waals surface area contributed by atoms with Gasteiger partial charge in [-0.15, -0.1) is 0 Å². The fourth-order valence-electron chi connectivity index (χ4n) is 2.28. The van der Waals surface area contributed by atoms with Crippen molar-refractivity contribution in [2.75, 3.05) is 19.6 Å². The molecular formula is C13H17NO. The van der Waals surface area contributed by atoms with Gasteiger partial charge >= 0.3 is 0 Å². The molecule has 0 radical (unpaired) electrons. The first-order chi connectivity index (χ1) is 7.40. The highest BCUT2D eigenvalue weighted by molar-refractivity contribution is 5.52. The Bertz CT molecular complexity index is 302. The van der Waals surface area contributed by atoms with Gasteiger partial charge in [-0.2, -0.15) is 0 Å². The molecule has 15 heavy (non-hydrogen) atoms. The van der Waals surface area contributed by atoms with Crippen LogP contribution in [-0.4, -0.2) is 30.8 Å². The summed E-state index contributed by atoms with van der Waals surface area (Å²) in [6.45, 7) is 2.71. The smallest absolute Gasteiger partial charge is 0.133 e. The van der Waals surface area contributed by atoms with E-state index < -0.39 is 0 Å². The topological polar surface area (TPSA) is 20.3 Å². The average Bonchev–Trinajstić information content (AvgIpc) is 2.32. The van der Waals surface area contributed by atoms with E-state index in [1.54, 1.807) is 0 Å². The maximum Gasteiger partial charge on any atom is 0.133 e. The molecule has 0 atom stereocenters.